The van der Waals surface area contributed by atoms with Crippen molar-refractivity contribution in [3.05, 3.63) is 39.0 Å². The van der Waals surface area contributed by atoms with Gasteiger partial charge in [-0.25, -0.2) is 9.97 Å². The van der Waals surface area contributed by atoms with Crippen molar-refractivity contribution < 1.29 is 0 Å². The molecule has 2 N–H and O–H groups in total. The van der Waals surface area contributed by atoms with Crippen molar-refractivity contribution in [2.45, 2.75) is 26.3 Å². The molecule has 0 saturated heterocycles. The van der Waals surface area contributed by atoms with Gasteiger partial charge in [0.05, 0.1) is 16.4 Å². The van der Waals surface area contributed by atoms with Crippen LogP contribution in [0.2, 0.25) is 0 Å². The number of imidazole rings is 1. The van der Waals surface area contributed by atoms with Crippen LogP contribution in [0.5, 0.6) is 0 Å². The van der Waals surface area contributed by atoms with Crippen LogP contribution in [0.4, 0.5) is 0 Å². The predicted molar refractivity (Wildman–Crippen MR) is 75.3 cm³/mol. The number of hydrogen-bond donors (Lipinski definition) is 1. The zero-order chi connectivity index (χ0) is 12.7. The van der Waals surface area contributed by atoms with E-state index in [4.69, 9.17) is 5.73 Å². The van der Waals surface area contributed by atoms with Gasteiger partial charge in [-0.2, -0.15) is 0 Å². The second kappa shape index (κ2) is 4.46. The van der Waals surface area contributed by atoms with Gasteiger partial charge in [0.2, 0.25) is 0 Å². The van der Waals surface area contributed by atoms with Crippen LogP contribution in [0.3, 0.4) is 0 Å². The number of thiazole rings is 2. The fourth-order valence-electron chi connectivity index (χ4n) is 2.08. The molecule has 0 aliphatic rings. The lowest BCUT2D eigenvalue weighted by molar-refractivity contribution is 0.716. The first-order valence-electron chi connectivity index (χ1n) is 5.74. The molecule has 6 heteroatoms. The monoisotopic (exact) mass is 278 g/mol. The third-order valence-corrected chi connectivity index (χ3v) is 4.82. The highest BCUT2D eigenvalue weighted by atomic mass is 32.1. The van der Waals surface area contributed by atoms with Crippen LogP contribution >= 0.6 is 22.7 Å². The molecule has 18 heavy (non-hydrogen) atoms. The molecule has 3 rings (SSSR count). The van der Waals surface area contributed by atoms with Crippen molar-refractivity contribution in [1.29, 1.82) is 0 Å². The van der Waals surface area contributed by atoms with Gasteiger partial charge in [-0.05, 0) is 13.8 Å². The lowest BCUT2D eigenvalue weighted by Crippen LogP contribution is -2.13. The topological polar surface area (TPSA) is 56.2 Å². The van der Waals surface area contributed by atoms with Gasteiger partial charge in [0, 0.05) is 35.1 Å². The maximum absolute atomic E-state index is 6.26. The maximum Gasteiger partial charge on any atom is 0.193 e. The molecule has 1 atom stereocenters. The average molecular weight is 278 g/mol. The van der Waals surface area contributed by atoms with Crippen molar-refractivity contribution in [3.8, 4) is 0 Å². The van der Waals surface area contributed by atoms with Crippen molar-refractivity contribution >= 4 is 27.6 Å². The van der Waals surface area contributed by atoms with E-state index in [1.165, 1.54) is 4.88 Å². The van der Waals surface area contributed by atoms with Crippen LogP contribution < -0.4 is 5.73 Å². The molecule has 3 aromatic rings. The second-order valence-corrected chi connectivity index (χ2v) is 6.43. The molecule has 0 aromatic carbocycles. The highest BCUT2D eigenvalue weighted by Crippen LogP contribution is 2.26. The van der Waals surface area contributed by atoms with Crippen molar-refractivity contribution in [1.82, 2.24) is 14.4 Å². The molecule has 0 bridgehead atoms. The largest absolute Gasteiger partial charge is 0.323 e. The van der Waals surface area contributed by atoms with E-state index in [0.29, 0.717) is 0 Å². The number of aromatic nitrogens is 3. The number of aryl methyl sites for hydroxylation is 2. The summed E-state index contributed by atoms with van der Waals surface area (Å²) < 4.78 is 2.04. The Labute approximate surface area is 113 Å². The fraction of sp³-hybridized carbons (Fsp3) is 0.333. The number of nitrogens with zero attached hydrogens (tertiary/aromatic N) is 3. The van der Waals surface area contributed by atoms with Crippen LogP contribution in [-0.4, -0.2) is 14.4 Å². The van der Waals surface area contributed by atoms with Gasteiger partial charge < -0.3 is 5.73 Å². The van der Waals surface area contributed by atoms with Crippen LogP contribution in [0.15, 0.2) is 17.8 Å². The molecule has 4 nitrogen and oxygen atoms in total. The molecular formula is C12H14N4S2. The Kier molecular flexibility index (Phi) is 2.93. The first kappa shape index (κ1) is 11.8. The van der Waals surface area contributed by atoms with Crippen LogP contribution in [0.25, 0.3) is 4.96 Å². The summed E-state index contributed by atoms with van der Waals surface area (Å²) in [7, 11) is 0. The second-order valence-electron chi connectivity index (χ2n) is 4.32. The quantitative estimate of drug-likeness (QED) is 0.801. The lowest BCUT2D eigenvalue weighted by Gasteiger charge is -2.07. The molecule has 94 valence electrons. The van der Waals surface area contributed by atoms with E-state index in [0.717, 1.165) is 27.8 Å². The van der Waals surface area contributed by atoms with Gasteiger partial charge in [-0.3, -0.25) is 4.40 Å². The fourth-order valence-corrected chi connectivity index (χ4v) is 3.73. The number of fused-ring (bicyclic) bond motifs is 1. The molecular weight excluding hydrogens is 264 g/mol. The smallest absolute Gasteiger partial charge is 0.193 e. The third kappa shape index (κ3) is 2.07. The average Bonchev–Trinajstić information content (AvgIpc) is 2.92. The Morgan fingerprint density at radius 1 is 1.39 bits per heavy atom. The van der Waals surface area contributed by atoms with Gasteiger partial charge in [-0.15, -0.1) is 22.7 Å². The van der Waals surface area contributed by atoms with E-state index >= 15 is 0 Å². The van der Waals surface area contributed by atoms with Crippen LogP contribution in [0, 0.1) is 13.8 Å². The Hall–Kier alpha value is -1.24. The minimum Gasteiger partial charge on any atom is -0.323 e. The summed E-state index contributed by atoms with van der Waals surface area (Å²) in [4.78, 5) is 11.2. The number of nitrogens with two attached hydrogens (primary N) is 1. The van der Waals surface area contributed by atoms with E-state index in [1.54, 1.807) is 22.7 Å². The summed E-state index contributed by atoms with van der Waals surface area (Å²) in [5.74, 6) is 0. The maximum atomic E-state index is 6.26. The molecule has 3 aromatic heterocycles. The highest BCUT2D eigenvalue weighted by Gasteiger charge is 2.15. The first-order valence-corrected chi connectivity index (χ1v) is 7.43. The summed E-state index contributed by atoms with van der Waals surface area (Å²) in [6.07, 6.45) is 4.83. The predicted octanol–water partition coefficient (Wildman–Crippen LogP) is 2.71. The SMILES string of the molecule is Cc1nc(C)c(C(N)Cc2cn3ccsc3n2)s1. The summed E-state index contributed by atoms with van der Waals surface area (Å²) in [5.41, 5.74) is 8.35. The zero-order valence-electron chi connectivity index (χ0n) is 10.3. The normalized spacial score (nSPS) is 13.3. The number of hydrogen-bond acceptors (Lipinski definition) is 5. The van der Waals surface area contributed by atoms with Gasteiger partial charge in [-0.1, -0.05) is 0 Å². The molecule has 0 aliphatic heterocycles. The van der Waals surface area contributed by atoms with E-state index < -0.39 is 0 Å². The molecule has 1 unspecified atom stereocenters. The summed E-state index contributed by atoms with van der Waals surface area (Å²) in [6.45, 7) is 4.03. The van der Waals surface area contributed by atoms with Gasteiger partial charge >= 0.3 is 0 Å². The summed E-state index contributed by atoms with van der Waals surface area (Å²) >= 11 is 3.32. The van der Waals surface area contributed by atoms with E-state index in [9.17, 15) is 0 Å². The van der Waals surface area contributed by atoms with Crippen LogP contribution in [0.1, 0.15) is 27.3 Å². The van der Waals surface area contributed by atoms with Crippen LogP contribution in [-0.2, 0) is 6.42 Å². The molecule has 0 spiro atoms. The Bertz CT molecular complexity index is 651. The molecule has 0 aliphatic carbocycles. The third-order valence-electron chi connectivity index (χ3n) is 2.85. The minimum atomic E-state index is -0.0131. The number of rotatable bonds is 3. The summed E-state index contributed by atoms with van der Waals surface area (Å²) in [5, 5.41) is 3.10. The molecule has 0 fully saturated rings. The molecule has 0 saturated carbocycles. The molecule has 0 radical (unpaired) electrons. The zero-order valence-corrected chi connectivity index (χ0v) is 11.9. The minimum absolute atomic E-state index is 0.0131. The lowest BCUT2D eigenvalue weighted by atomic mass is 10.1. The van der Waals surface area contributed by atoms with Gasteiger partial charge in [0.1, 0.15) is 0 Å². The Morgan fingerprint density at radius 2 is 2.22 bits per heavy atom. The van der Waals surface area contributed by atoms with Crippen molar-refractivity contribution in [2.75, 3.05) is 0 Å². The highest BCUT2D eigenvalue weighted by molar-refractivity contribution is 7.15. The molecule has 3 heterocycles. The standard InChI is InChI=1S/C12H14N4S2/c1-7-11(18-8(2)14-7)10(13)5-9-6-16-3-4-17-12(16)15-9/h3-4,6,10H,5,13H2,1-2H3. The van der Waals surface area contributed by atoms with Gasteiger partial charge in [0.25, 0.3) is 0 Å². The first-order chi connectivity index (χ1) is 8.63. The van der Waals surface area contributed by atoms with E-state index in [-0.39, 0.29) is 6.04 Å². The van der Waals surface area contributed by atoms with Crippen molar-refractivity contribution in [2.24, 2.45) is 5.73 Å². The van der Waals surface area contributed by atoms with Gasteiger partial charge in [0.15, 0.2) is 4.96 Å². The Morgan fingerprint density at radius 3 is 2.89 bits per heavy atom. The summed E-state index contributed by atoms with van der Waals surface area (Å²) in [6, 6.07) is -0.0131. The Balaban J connectivity index is 1.83. The molecule has 0 amide bonds. The van der Waals surface area contributed by atoms with Crippen molar-refractivity contribution in [3.63, 3.8) is 0 Å². The van der Waals surface area contributed by atoms with E-state index in [2.05, 4.69) is 16.2 Å². The van der Waals surface area contributed by atoms with E-state index in [1.807, 2.05) is 29.8 Å².